The number of methoxy groups -OCH3 is 1. The molecule has 0 aromatic carbocycles. The minimum Gasteiger partial charge on any atom is -0.450 e. The Labute approximate surface area is 92.3 Å². The number of alkyl carbamates (subject to hydrolysis) is 1. The van der Waals surface area contributed by atoms with E-state index in [1.807, 2.05) is 0 Å². The van der Waals surface area contributed by atoms with Crippen LogP contribution in [-0.2, 0) is 9.47 Å². The number of ether oxygens (including phenoxy) is 2. The van der Waals surface area contributed by atoms with Gasteiger partial charge in [-0.1, -0.05) is 13.3 Å². The Morgan fingerprint density at radius 2 is 2.07 bits per heavy atom. The summed E-state index contributed by atoms with van der Waals surface area (Å²) >= 11 is 0. The number of carbonyl (C=O) groups is 1. The molecule has 4 heteroatoms. The van der Waals surface area contributed by atoms with E-state index in [9.17, 15) is 4.79 Å². The van der Waals surface area contributed by atoms with E-state index >= 15 is 0 Å². The van der Waals surface area contributed by atoms with E-state index in [1.165, 1.54) is 0 Å². The van der Waals surface area contributed by atoms with Gasteiger partial charge in [0.15, 0.2) is 0 Å². The highest BCUT2D eigenvalue weighted by molar-refractivity contribution is 5.66. The molecule has 1 amide bonds. The highest BCUT2D eigenvalue weighted by Crippen LogP contribution is 2.15. The van der Waals surface area contributed by atoms with Crippen molar-refractivity contribution in [2.45, 2.75) is 32.6 Å². The minimum atomic E-state index is -0.347. The Balaban J connectivity index is 3.41. The lowest BCUT2D eigenvalue weighted by Crippen LogP contribution is -2.19. The van der Waals surface area contributed by atoms with Gasteiger partial charge in [0.05, 0.1) is 6.61 Å². The van der Waals surface area contributed by atoms with E-state index in [1.54, 1.807) is 14.2 Å². The largest absolute Gasteiger partial charge is 0.450 e. The second-order valence-electron chi connectivity index (χ2n) is 3.58. The Bertz CT molecular complexity index is 162. The molecule has 0 aliphatic carbocycles. The molecule has 0 aromatic rings. The average molecular weight is 217 g/mol. The molecule has 0 spiro atoms. The third-order valence-electron chi connectivity index (χ3n) is 2.50. The van der Waals surface area contributed by atoms with E-state index < -0.39 is 0 Å². The lowest BCUT2D eigenvalue weighted by molar-refractivity contribution is 0.140. The molecule has 0 saturated heterocycles. The van der Waals surface area contributed by atoms with Gasteiger partial charge < -0.3 is 14.8 Å². The number of hydrogen-bond donors (Lipinski definition) is 1. The number of rotatable bonds is 8. The zero-order valence-electron chi connectivity index (χ0n) is 10.0. The molecule has 0 fully saturated rings. The maximum Gasteiger partial charge on any atom is 0.406 e. The van der Waals surface area contributed by atoms with Crippen LogP contribution in [0.3, 0.4) is 0 Å². The lowest BCUT2D eigenvalue weighted by Gasteiger charge is -2.13. The summed E-state index contributed by atoms with van der Waals surface area (Å²) in [4.78, 5) is 10.7. The summed E-state index contributed by atoms with van der Waals surface area (Å²) in [7, 11) is 3.29. The lowest BCUT2D eigenvalue weighted by atomic mass is 9.97. The predicted molar refractivity (Wildman–Crippen MR) is 59.9 cm³/mol. The van der Waals surface area contributed by atoms with Crippen molar-refractivity contribution < 1.29 is 14.3 Å². The van der Waals surface area contributed by atoms with Crippen LogP contribution < -0.4 is 5.32 Å². The third-order valence-corrected chi connectivity index (χ3v) is 2.50. The monoisotopic (exact) mass is 217 g/mol. The van der Waals surface area contributed by atoms with Gasteiger partial charge in [-0.25, -0.2) is 4.79 Å². The van der Waals surface area contributed by atoms with E-state index in [-0.39, 0.29) is 6.09 Å². The first-order valence-corrected chi connectivity index (χ1v) is 5.58. The smallest absolute Gasteiger partial charge is 0.406 e. The van der Waals surface area contributed by atoms with Gasteiger partial charge >= 0.3 is 6.09 Å². The summed E-state index contributed by atoms with van der Waals surface area (Å²) in [5, 5.41) is 2.42. The molecular weight excluding hydrogens is 194 g/mol. The zero-order chi connectivity index (χ0) is 11.5. The molecule has 0 heterocycles. The second kappa shape index (κ2) is 9.77. The van der Waals surface area contributed by atoms with Crippen LogP contribution in [0.2, 0.25) is 0 Å². The van der Waals surface area contributed by atoms with Crippen molar-refractivity contribution >= 4 is 6.09 Å². The van der Waals surface area contributed by atoms with Gasteiger partial charge in [0.2, 0.25) is 0 Å². The Morgan fingerprint density at radius 1 is 1.33 bits per heavy atom. The topological polar surface area (TPSA) is 47.6 Å². The van der Waals surface area contributed by atoms with Crippen LogP contribution in [0, 0.1) is 5.92 Å². The molecule has 0 aliphatic rings. The second-order valence-corrected chi connectivity index (χ2v) is 3.58. The summed E-state index contributed by atoms with van der Waals surface area (Å²) in [6.45, 7) is 3.50. The Hall–Kier alpha value is -0.770. The van der Waals surface area contributed by atoms with E-state index in [0.717, 1.165) is 32.3 Å². The van der Waals surface area contributed by atoms with Crippen molar-refractivity contribution in [2.75, 3.05) is 27.4 Å². The van der Waals surface area contributed by atoms with Crippen LogP contribution in [-0.4, -0.2) is 33.5 Å². The highest BCUT2D eigenvalue weighted by atomic mass is 16.5. The predicted octanol–water partition coefficient (Wildman–Crippen LogP) is 2.19. The van der Waals surface area contributed by atoms with Crippen LogP contribution in [0.1, 0.15) is 32.6 Å². The molecule has 1 N–H and O–H groups in total. The average Bonchev–Trinajstić information content (AvgIpc) is 2.27. The molecule has 1 atom stereocenters. The molecule has 0 saturated carbocycles. The van der Waals surface area contributed by atoms with Gasteiger partial charge in [0, 0.05) is 20.8 Å². The molecule has 0 aromatic heterocycles. The van der Waals surface area contributed by atoms with Gasteiger partial charge in [-0.2, -0.15) is 0 Å². The summed E-state index contributed by atoms with van der Waals surface area (Å²) in [5.41, 5.74) is 0. The molecule has 0 rings (SSSR count). The normalized spacial score (nSPS) is 12.2. The summed E-state index contributed by atoms with van der Waals surface area (Å²) in [5.74, 6) is 0.679. The highest BCUT2D eigenvalue weighted by Gasteiger charge is 2.06. The summed E-state index contributed by atoms with van der Waals surface area (Å²) in [6.07, 6.45) is 3.92. The van der Waals surface area contributed by atoms with Gasteiger partial charge in [-0.15, -0.1) is 0 Å². The van der Waals surface area contributed by atoms with Crippen molar-refractivity contribution in [1.82, 2.24) is 5.32 Å². The maximum absolute atomic E-state index is 10.7. The molecule has 0 bridgehead atoms. The Kier molecular flexibility index (Phi) is 9.27. The number of amides is 1. The van der Waals surface area contributed by atoms with E-state index in [2.05, 4.69) is 12.2 Å². The molecule has 1 unspecified atom stereocenters. The van der Waals surface area contributed by atoms with E-state index in [4.69, 9.17) is 9.47 Å². The molecule has 15 heavy (non-hydrogen) atoms. The summed E-state index contributed by atoms with van der Waals surface area (Å²) < 4.78 is 9.95. The molecule has 0 aliphatic heterocycles. The minimum absolute atomic E-state index is 0.347. The van der Waals surface area contributed by atoms with Crippen molar-refractivity contribution in [2.24, 2.45) is 5.92 Å². The first kappa shape index (κ1) is 14.2. The maximum atomic E-state index is 10.7. The fourth-order valence-electron chi connectivity index (χ4n) is 1.45. The van der Waals surface area contributed by atoms with Crippen molar-refractivity contribution in [1.29, 1.82) is 0 Å². The number of carbonyl (C=O) groups excluding carboxylic acids is 1. The van der Waals surface area contributed by atoms with Crippen LogP contribution in [0.4, 0.5) is 4.79 Å². The van der Waals surface area contributed by atoms with Crippen LogP contribution in [0.25, 0.3) is 0 Å². The first-order valence-electron chi connectivity index (χ1n) is 5.58. The van der Waals surface area contributed by atoms with Crippen LogP contribution in [0.15, 0.2) is 0 Å². The molecular formula is C11H23NO3. The van der Waals surface area contributed by atoms with Gasteiger partial charge in [0.1, 0.15) is 0 Å². The fraction of sp³-hybridized carbons (Fsp3) is 0.909. The van der Waals surface area contributed by atoms with Crippen LogP contribution in [0.5, 0.6) is 0 Å². The molecule has 0 radical (unpaired) electrons. The molecule has 90 valence electrons. The quantitative estimate of drug-likeness (QED) is 0.634. The molecule has 4 nitrogen and oxygen atoms in total. The van der Waals surface area contributed by atoms with Gasteiger partial charge in [0.25, 0.3) is 0 Å². The fourth-order valence-corrected chi connectivity index (χ4v) is 1.45. The van der Waals surface area contributed by atoms with Crippen molar-refractivity contribution in [3.8, 4) is 0 Å². The van der Waals surface area contributed by atoms with E-state index in [0.29, 0.717) is 12.5 Å². The first-order chi connectivity index (χ1) is 7.24. The van der Waals surface area contributed by atoms with Gasteiger partial charge in [-0.3, -0.25) is 0 Å². The van der Waals surface area contributed by atoms with Crippen molar-refractivity contribution in [3.63, 3.8) is 0 Å². The Morgan fingerprint density at radius 3 is 2.60 bits per heavy atom. The number of hydrogen-bond acceptors (Lipinski definition) is 3. The zero-order valence-corrected chi connectivity index (χ0v) is 10.0. The number of nitrogens with one attached hydrogen (secondary N) is 1. The summed E-state index contributed by atoms with van der Waals surface area (Å²) in [6, 6.07) is 0. The van der Waals surface area contributed by atoms with Gasteiger partial charge in [-0.05, 0) is 25.2 Å². The third kappa shape index (κ3) is 8.24. The van der Waals surface area contributed by atoms with Crippen molar-refractivity contribution in [3.05, 3.63) is 0 Å². The van der Waals surface area contributed by atoms with Crippen LogP contribution >= 0.6 is 0 Å². The standard InChI is InChI=1S/C11H23NO3/c1-4-10(7-9-14-3)6-5-8-15-11(13)12-2/h10H,4-9H2,1-3H3,(H,12,13). The SMILES string of the molecule is CCC(CCCOC(=O)NC)CCOC.